The summed E-state index contributed by atoms with van der Waals surface area (Å²) in [6.45, 7) is 5.41. The molecule has 0 spiro atoms. The molecule has 0 unspecified atom stereocenters. The fourth-order valence-electron chi connectivity index (χ4n) is 7.19. The number of pyridine rings is 1. The molecule has 0 radical (unpaired) electrons. The van der Waals surface area contributed by atoms with Gasteiger partial charge in [0.2, 0.25) is 0 Å². The van der Waals surface area contributed by atoms with Crippen molar-refractivity contribution in [1.82, 2.24) is 4.98 Å². The van der Waals surface area contributed by atoms with Gasteiger partial charge in [-0.1, -0.05) is 105 Å². The lowest BCUT2D eigenvalue weighted by molar-refractivity contribution is 0.375. The largest absolute Gasteiger partial charge is 0.457 e. The molecule has 3 heterocycles. The van der Waals surface area contributed by atoms with Crippen LogP contribution in [0.1, 0.15) is 43.4 Å². The summed E-state index contributed by atoms with van der Waals surface area (Å²) in [6.07, 6.45) is 6.35. The Bertz CT molecular complexity index is 2050. The molecule has 0 aliphatic carbocycles. The van der Waals surface area contributed by atoms with Gasteiger partial charge in [-0.3, -0.25) is 0 Å². The van der Waals surface area contributed by atoms with Crippen LogP contribution in [-0.4, -0.2) is 11.5 Å². The fourth-order valence-corrected chi connectivity index (χ4v) is 7.19. The van der Waals surface area contributed by atoms with Gasteiger partial charge in [-0.05, 0) is 64.6 Å². The molecule has 0 atom stereocenters. The van der Waals surface area contributed by atoms with E-state index in [0.29, 0.717) is 0 Å². The Morgan fingerprint density at radius 2 is 1.55 bits per heavy atom. The third-order valence-corrected chi connectivity index (χ3v) is 9.41. The quantitative estimate of drug-likeness (QED) is 0.240. The minimum absolute atomic E-state index is 0.101. The van der Waals surface area contributed by atoms with Crippen LogP contribution in [0.2, 0.25) is 0 Å². The van der Waals surface area contributed by atoms with Crippen molar-refractivity contribution in [2.24, 2.45) is 0 Å². The molecule has 1 N–H and O–H groups in total. The van der Waals surface area contributed by atoms with E-state index < -0.39 is 0 Å². The normalized spacial score (nSPS) is 14.5. The van der Waals surface area contributed by atoms with Crippen molar-refractivity contribution in [1.29, 1.82) is 0 Å². The van der Waals surface area contributed by atoms with E-state index in [1.807, 2.05) is 0 Å². The summed E-state index contributed by atoms with van der Waals surface area (Å²) in [5, 5.41) is 7.12. The van der Waals surface area contributed by atoms with E-state index in [-0.39, 0.29) is 5.41 Å². The second kappa shape index (κ2) is 9.60. The summed E-state index contributed by atoms with van der Waals surface area (Å²) in [6, 6.07) is 37.2. The van der Waals surface area contributed by atoms with Gasteiger partial charge in [-0.25, -0.2) is 4.98 Å². The smallest absolute Gasteiger partial charge is 0.131 e. The molecule has 8 rings (SSSR count). The van der Waals surface area contributed by atoms with E-state index in [1.165, 1.54) is 38.6 Å². The van der Waals surface area contributed by atoms with Crippen LogP contribution in [0.4, 0.5) is 5.69 Å². The topological polar surface area (TPSA) is 34.1 Å². The third kappa shape index (κ3) is 3.63. The molecule has 5 aromatic carbocycles. The van der Waals surface area contributed by atoms with E-state index >= 15 is 0 Å². The summed E-state index contributed by atoms with van der Waals surface area (Å²) in [4.78, 5) is 5.35. The van der Waals surface area contributed by atoms with Gasteiger partial charge < -0.3 is 10.1 Å². The third-order valence-electron chi connectivity index (χ3n) is 9.41. The van der Waals surface area contributed by atoms with E-state index in [0.717, 1.165) is 58.7 Å². The lowest BCUT2D eigenvalue weighted by atomic mass is 9.68. The molecule has 6 aromatic rings. The zero-order valence-corrected chi connectivity index (χ0v) is 23.9. The van der Waals surface area contributed by atoms with Crippen LogP contribution < -0.4 is 10.1 Å². The maximum Gasteiger partial charge on any atom is 0.131 e. The maximum absolute atomic E-state index is 6.49. The number of para-hydroxylation sites is 1. The van der Waals surface area contributed by atoms with Gasteiger partial charge in [0.15, 0.2) is 0 Å². The van der Waals surface area contributed by atoms with E-state index in [1.54, 1.807) is 0 Å². The first-order chi connectivity index (χ1) is 20.7. The van der Waals surface area contributed by atoms with Gasteiger partial charge in [0.1, 0.15) is 11.5 Å². The molecule has 0 saturated heterocycles. The zero-order valence-electron chi connectivity index (χ0n) is 23.9. The molecule has 0 fully saturated rings. The highest BCUT2D eigenvalue weighted by Crippen LogP contribution is 2.53. The predicted molar refractivity (Wildman–Crippen MR) is 176 cm³/mol. The maximum atomic E-state index is 6.49. The number of rotatable bonds is 4. The number of nitrogens with one attached hydrogen (secondary N) is 1. The first-order valence-corrected chi connectivity index (χ1v) is 15.0. The van der Waals surface area contributed by atoms with Crippen molar-refractivity contribution in [3.63, 3.8) is 0 Å². The van der Waals surface area contributed by atoms with Gasteiger partial charge in [0.05, 0.1) is 16.9 Å². The molecule has 0 saturated carbocycles. The molecule has 3 nitrogen and oxygen atoms in total. The number of anilines is 1. The first kappa shape index (κ1) is 24.9. The summed E-state index contributed by atoms with van der Waals surface area (Å²) < 4.78 is 6.49. The standard InChI is InChI=1S/C39H32N2O/c1-3-39(4-2)31-13-7-8-14-34(31)42-35-22-19-28(24-32(35)39)30-20-17-25-10-5-6-12-29(25)36(30)33-21-18-27-16-15-26-11-9-23-40-37(26)38(27)41-33/h5-22,24,40H,3-4,23H2,1-2H3. The van der Waals surface area contributed by atoms with Crippen LogP contribution in [-0.2, 0) is 5.41 Å². The highest BCUT2D eigenvalue weighted by atomic mass is 16.5. The lowest BCUT2D eigenvalue weighted by Gasteiger charge is -2.39. The summed E-state index contributed by atoms with van der Waals surface area (Å²) in [5.41, 5.74) is 10.3. The number of benzene rings is 5. The van der Waals surface area contributed by atoms with E-state index in [9.17, 15) is 0 Å². The SMILES string of the molecule is CCC1(CC)c2ccccc2Oc2ccc(-c3ccc4ccccc4c3-c3ccc4ccc5c(c4n3)NCC=C5)cc21. The molecule has 204 valence electrons. The Hall–Kier alpha value is -4.89. The van der Waals surface area contributed by atoms with Gasteiger partial charge in [0, 0.05) is 34.0 Å². The monoisotopic (exact) mass is 544 g/mol. The Morgan fingerprint density at radius 1 is 0.762 bits per heavy atom. The van der Waals surface area contributed by atoms with Crippen molar-refractivity contribution in [3.8, 4) is 33.9 Å². The van der Waals surface area contributed by atoms with Crippen LogP contribution in [0.15, 0.2) is 109 Å². The van der Waals surface area contributed by atoms with Crippen LogP contribution >= 0.6 is 0 Å². The Kier molecular flexibility index (Phi) is 5.68. The number of hydrogen-bond donors (Lipinski definition) is 1. The van der Waals surface area contributed by atoms with Gasteiger partial charge in [-0.15, -0.1) is 0 Å². The second-order valence-corrected chi connectivity index (χ2v) is 11.4. The van der Waals surface area contributed by atoms with E-state index in [4.69, 9.17) is 9.72 Å². The minimum Gasteiger partial charge on any atom is -0.457 e. The Balaban J connectivity index is 1.37. The van der Waals surface area contributed by atoms with Crippen LogP contribution in [0.5, 0.6) is 11.5 Å². The van der Waals surface area contributed by atoms with Crippen LogP contribution in [0, 0.1) is 0 Å². The fraction of sp³-hybridized carbons (Fsp3) is 0.154. The Labute approximate surface area is 246 Å². The number of aromatic nitrogens is 1. The Morgan fingerprint density at radius 3 is 2.45 bits per heavy atom. The highest BCUT2D eigenvalue weighted by molar-refractivity contribution is 6.05. The molecule has 0 bridgehead atoms. The van der Waals surface area contributed by atoms with Crippen molar-refractivity contribution < 1.29 is 4.74 Å². The molecule has 3 heteroatoms. The average molecular weight is 545 g/mol. The molecular formula is C39H32N2O. The van der Waals surface area contributed by atoms with Gasteiger partial charge in [0.25, 0.3) is 0 Å². The summed E-state index contributed by atoms with van der Waals surface area (Å²) >= 11 is 0. The van der Waals surface area contributed by atoms with Crippen molar-refractivity contribution >= 4 is 33.4 Å². The van der Waals surface area contributed by atoms with E-state index in [2.05, 4.69) is 134 Å². The number of nitrogens with zero attached hydrogens (tertiary/aromatic N) is 1. The van der Waals surface area contributed by atoms with Crippen LogP contribution in [0.3, 0.4) is 0 Å². The number of fused-ring (bicyclic) bond motifs is 6. The second-order valence-electron chi connectivity index (χ2n) is 11.4. The van der Waals surface area contributed by atoms with Crippen LogP contribution in [0.25, 0.3) is 50.1 Å². The average Bonchev–Trinajstić information content (AvgIpc) is 3.06. The molecule has 2 aliphatic heterocycles. The molecule has 0 amide bonds. The molecular weight excluding hydrogens is 512 g/mol. The summed E-state index contributed by atoms with van der Waals surface area (Å²) in [5.74, 6) is 1.93. The minimum atomic E-state index is -0.101. The summed E-state index contributed by atoms with van der Waals surface area (Å²) in [7, 11) is 0. The van der Waals surface area contributed by atoms with Gasteiger partial charge >= 0.3 is 0 Å². The first-order valence-electron chi connectivity index (χ1n) is 15.0. The van der Waals surface area contributed by atoms with Gasteiger partial charge in [-0.2, -0.15) is 0 Å². The predicted octanol–water partition coefficient (Wildman–Crippen LogP) is 10.4. The molecule has 2 aliphatic rings. The molecule has 1 aromatic heterocycles. The number of ether oxygens (including phenoxy) is 1. The van der Waals surface area contributed by atoms with Crippen molar-refractivity contribution in [3.05, 3.63) is 126 Å². The molecule has 42 heavy (non-hydrogen) atoms. The highest BCUT2D eigenvalue weighted by Gasteiger charge is 2.39. The van der Waals surface area contributed by atoms with Crippen molar-refractivity contribution in [2.45, 2.75) is 32.1 Å². The van der Waals surface area contributed by atoms with Crippen molar-refractivity contribution in [2.75, 3.05) is 11.9 Å². The number of hydrogen-bond acceptors (Lipinski definition) is 3. The lowest BCUT2D eigenvalue weighted by Crippen LogP contribution is -2.30. The zero-order chi connectivity index (χ0) is 28.3.